The number of hydrogen-bond donors (Lipinski definition) is 0. The number of hydrogen-bond acceptors (Lipinski definition) is 1. The van der Waals surface area contributed by atoms with Gasteiger partial charge in [0, 0.05) is 18.1 Å². The summed E-state index contributed by atoms with van der Waals surface area (Å²) in [6.45, 7) is 31.3. The minimum atomic E-state index is 0.671. The largest absolute Gasteiger partial charge is 0.295 e. The standard InChI is InChI=1S/C25H50BN/c1-13-14(2)26-21(9)24(12)27-23(11)19(7)17(5)15(3)16(4)18(6)20(8)25(27)22(26)10/h14-25H,13H2,1-12H3. The summed E-state index contributed by atoms with van der Waals surface area (Å²) >= 11 is 0. The molecule has 0 N–H and O–H groups in total. The second kappa shape index (κ2) is 8.80. The maximum Gasteiger partial charge on any atom is 0.152 e. The Hall–Kier alpha value is 0.0249. The summed E-state index contributed by atoms with van der Waals surface area (Å²) in [6.07, 6.45) is 1.32. The average molecular weight is 375 g/mol. The SMILES string of the molecule is CCC(C)B1C(C)C(C)N2C(C)C(C)C(C)C(C)C(C)C(C)C(C)C2C1C. The van der Waals surface area contributed by atoms with Gasteiger partial charge >= 0.3 is 0 Å². The van der Waals surface area contributed by atoms with Crippen molar-refractivity contribution in [3.63, 3.8) is 0 Å². The molecule has 12 atom stereocenters. The van der Waals surface area contributed by atoms with Crippen LogP contribution in [0.3, 0.4) is 0 Å². The molecule has 27 heavy (non-hydrogen) atoms. The molecule has 2 saturated heterocycles. The van der Waals surface area contributed by atoms with Gasteiger partial charge in [0.15, 0.2) is 6.71 Å². The van der Waals surface area contributed by atoms with E-state index < -0.39 is 0 Å². The summed E-state index contributed by atoms with van der Waals surface area (Å²) in [5.41, 5.74) is 0. The van der Waals surface area contributed by atoms with Crippen LogP contribution in [-0.4, -0.2) is 29.7 Å². The zero-order valence-electron chi connectivity index (χ0n) is 20.7. The molecule has 2 aliphatic rings. The normalized spacial score (nSPS) is 51.1. The van der Waals surface area contributed by atoms with Gasteiger partial charge in [-0.1, -0.05) is 81.5 Å². The molecule has 0 radical (unpaired) electrons. The molecular weight excluding hydrogens is 325 g/mol. The first-order chi connectivity index (χ1) is 12.5. The fourth-order valence-electron chi connectivity index (χ4n) is 7.48. The van der Waals surface area contributed by atoms with Crippen molar-refractivity contribution in [2.24, 2.45) is 35.5 Å². The van der Waals surface area contributed by atoms with Crippen molar-refractivity contribution in [3.8, 4) is 0 Å². The minimum Gasteiger partial charge on any atom is -0.295 e. The Kier molecular flexibility index (Phi) is 7.60. The van der Waals surface area contributed by atoms with E-state index in [4.69, 9.17) is 0 Å². The minimum absolute atomic E-state index is 0.671. The summed E-state index contributed by atoms with van der Waals surface area (Å²) in [4.78, 5) is 3.02. The van der Waals surface area contributed by atoms with E-state index in [0.717, 1.165) is 65.7 Å². The van der Waals surface area contributed by atoms with Crippen LogP contribution in [0.4, 0.5) is 0 Å². The molecule has 0 aromatic rings. The first-order valence-corrected chi connectivity index (χ1v) is 12.2. The van der Waals surface area contributed by atoms with Gasteiger partial charge in [0.2, 0.25) is 0 Å². The van der Waals surface area contributed by atoms with Gasteiger partial charge in [-0.2, -0.15) is 0 Å². The Labute approximate surface area is 172 Å². The predicted molar refractivity (Wildman–Crippen MR) is 124 cm³/mol. The van der Waals surface area contributed by atoms with Crippen molar-refractivity contribution in [1.29, 1.82) is 0 Å². The molecule has 1 nitrogen and oxygen atoms in total. The second-order valence-electron chi connectivity index (χ2n) is 11.3. The van der Waals surface area contributed by atoms with Crippen LogP contribution in [0.5, 0.6) is 0 Å². The lowest BCUT2D eigenvalue weighted by molar-refractivity contribution is 0.00674. The molecule has 12 unspecified atom stereocenters. The number of fused-ring (bicyclic) bond motifs is 1. The molecule has 2 fully saturated rings. The Morgan fingerprint density at radius 1 is 0.630 bits per heavy atom. The summed E-state index contributed by atoms with van der Waals surface area (Å²) in [7, 11) is 0. The maximum atomic E-state index is 3.02. The molecule has 0 aromatic heterocycles. The Balaban J connectivity index is 2.55. The summed E-state index contributed by atoms with van der Waals surface area (Å²) in [5, 5.41) is 0. The summed E-state index contributed by atoms with van der Waals surface area (Å²) in [6, 6.07) is 2.08. The lowest BCUT2D eigenvalue weighted by Crippen LogP contribution is -2.63. The molecule has 0 amide bonds. The Morgan fingerprint density at radius 3 is 1.56 bits per heavy atom. The zero-order valence-corrected chi connectivity index (χ0v) is 20.7. The van der Waals surface area contributed by atoms with E-state index in [1.807, 2.05) is 0 Å². The molecule has 2 rings (SSSR count). The Bertz CT molecular complexity index is 479. The van der Waals surface area contributed by atoms with Gasteiger partial charge in [-0.05, 0) is 61.0 Å². The molecule has 2 aliphatic heterocycles. The quantitative estimate of drug-likeness (QED) is 0.456. The first-order valence-electron chi connectivity index (χ1n) is 12.2. The van der Waals surface area contributed by atoms with Crippen LogP contribution >= 0.6 is 0 Å². The highest BCUT2D eigenvalue weighted by molar-refractivity contribution is 6.64. The van der Waals surface area contributed by atoms with E-state index in [-0.39, 0.29) is 0 Å². The van der Waals surface area contributed by atoms with E-state index in [9.17, 15) is 0 Å². The van der Waals surface area contributed by atoms with E-state index in [1.54, 1.807) is 0 Å². The van der Waals surface area contributed by atoms with Crippen molar-refractivity contribution >= 4 is 6.71 Å². The van der Waals surface area contributed by atoms with Gasteiger partial charge in [0.25, 0.3) is 0 Å². The van der Waals surface area contributed by atoms with Crippen LogP contribution < -0.4 is 0 Å². The summed E-state index contributed by atoms with van der Waals surface area (Å²) < 4.78 is 0. The fourth-order valence-corrected chi connectivity index (χ4v) is 7.48. The van der Waals surface area contributed by atoms with Crippen LogP contribution in [0, 0.1) is 35.5 Å². The average Bonchev–Trinajstić information content (AvgIpc) is 2.66. The highest BCUT2D eigenvalue weighted by Gasteiger charge is 2.52. The van der Waals surface area contributed by atoms with Crippen LogP contribution in [-0.2, 0) is 0 Å². The van der Waals surface area contributed by atoms with E-state index in [0.29, 0.717) is 12.1 Å². The lowest BCUT2D eigenvalue weighted by Gasteiger charge is -2.57. The molecule has 0 saturated carbocycles. The molecular formula is C25H50BN. The highest BCUT2D eigenvalue weighted by atomic mass is 15.2. The first kappa shape index (κ1) is 23.3. The van der Waals surface area contributed by atoms with Gasteiger partial charge < -0.3 is 0 Å². The summed E-state index contributed by atoms with van der Waals surface area (Å²) in [5.74, 6) is 7.09. The molecule has 0 bridgehead atoms. The number of nitrogens with zero attached hydrogens (tertiary/aromatic N) is 1. The van der Waals surface area contributed by atoms with Gasteiger partial charge in [-0.15, -0.1) is 0 Å². The van der Waals surface area contributed by atoms with Crippen molar-refractivity contribution in [2.75, 3.05) is 0 Å². The molecule has 2 heterocycles. The van der Waals surface area contributed by atoms with E-state index in [2.05, 4.69) is 88.0 Å². The second-order valence-corrected chi connectivity index (χ2v) is 11.3. The molecule has 158 valence electrons. The fraction of sp³-hybridized carbons (Fsp3) is 1.00. The van der Waals surface area contributed by atoms with Crippen molar-refractivity contribution < 1.29 is 0 Å². The van der Waals surface area contributed by atoms with Crippen LogP contribution in [0.25, 0.3) is 0 Å². The van der Waals surface area contributed by atoms with E-state index >= 15 is 0 Å². The predicted octanol–water partition coefficient (Wildman–Crippen LogP) is 7.35. The third kappa shape index (κ3) is 3.90. The third-order valence-electron chi connectivity index (χ3n) is 10.5. The molecule has 0 aliphatic carbocycles. The van der Waals surface area contributed by atoms with E-state index in [1.165, 1.54) is 6.42 Å². The van der Waals surface area contributed by atoms with Crippen LogP contribution in [0.15, 0.2) is 0 Å². The molecule has 2 heteroatoms. The third-order valence-corrected chi connectivity index (χ3v) is 10.5. The van der Waals surface area contributed by atoms with Crippen LogP contribution in [0.1, 0.15) is 89.5 Å². The van der Waals surface area contributed by atoms with Gasteiger partial charge in [0.05, 0.1) is 0 Å². The molecule has 0 spiro atoms. The molecule has 0 aromatic carbocycles. The van der Waals surface area contributed by atoms with Gasteiger partial charge in [-0.3, -0.25) is 4.90 Å². The Morgan fingerprint density at radius 2 is 1.07 bits per heavy atom. The van der Waals surface area contributed by atoms with Crippen LogP contribution in [0.2, 0.25) is 17.5 Å². The van der Waals surface area contributed by atoms with Gasteiger partial charge in [-0.25, -0.2) is 0 Å². The van der Waals surface area contributed by atoms with Crippen molar-refractivity contribution in [1.82, 2.24) is 4.90 Å². The number of rotatable bonds is 2. The van der Waals surface area contributed by atoms with Crippen molar-refractivity contribution in [2.45, 2.75) is 125 Å². The zero-order chi connectivity index (χ0) is 20.8. The smallest absolute Gasteiger partial charge is 0.152 e. The monoisotopic (exact) mass is 375 g/mol. The van der Waals surface area contributed by atoms with Gasteiger partial charge in [0.1, 0.15) is 0 Å². The maximum absolute atomic E-state index is 3.02. The highest BCUT2D eigenvalue weighted by Crippen LogP contribution is 2.51. The lowest BCUT2D eigenvalue weighted by atomic mass is 9.24. The van der Waals surface area contributed by atoms with Crippen molar-refractivity contribution in [3.05, 3.63) is 0 Å². The topological polar surface area (TPSA) is 3.24 Å².